The minimum absolute atomic E-state index is 0.221. The highest BCUT2D eigenvalue weighted by atomic mass is 16.7. The van der Waals surface area contributed by atoms with Gasteiger partial charge in [0.1, 0.15) is 12.0 Å². The molecule has 4 heteroatoms. The van der Waals surface area contributed by atoms with Crippen molar-refractivity contribution in [2.75, 3.05) is 0 Å². The van der Waals surface area contributed by atoms with E-state index in [1.54, 1.807) is 32.0 Å². The third kappa shape index (κ3) is 4.20. The molecule has 0 spiro atoms. The molecule has 0 atom stereocenters. The van der Waals surface area contributed by atoms with E-state index in [2.05, 4.69) is 0 Å². The van der Waals surface area contributed by atoms with Crippen molar-refractivity contribution in [2.24, 2.45) is 0 Å². The van der Waals surface area contributed by atoms with Crippen LogP contribution < -0.4 is 4.74 Å². The van der Waals surface area contributed by atoms with E-state index < -0.39 is 6.16 Å². The van der Waals surface area contributed by atoms with Crippen LogP contribution in [0.4, 0.5) is 4.79 Å². The molecule has 18 heavy (non-hydrogen) atoms. The fourth-order valence-corrected chi connectivity index (χ4v) is 1.54. The molecule has 0 aliphatic carbocycles. The number of aryl methyl sites for hydroxylation is 1. The van der Waals surface area contributed by atoms with Crippen LogP contribution in [0.5, 0.6) is 5.75 Å². The molecule has 0 bridgehead atoms. The number of benzene rings is 1. The zero-order chi connectivity index (χ0) is 13.5. The number of aldehydes is 1. The molecule has 98 valence electrons. The summed E-state index contributed by atoms with van der Waals surface area (Å²) in [6, 6.07) is 4.97. The van der Waals surface area contributed by atoms with Gasteiger partial charge in [0.25, 0.3) is 0 Å². The highest BCUT2D eigenvalue weighted by Crippen LogP contribution is 2.22. The largest absolute Gasteiger partial charge is 0.514 e. The molecule has 0 radical (unpaired) electrons. The van der Waals surface area contributed by atoms with Crippen molar-refractivity contribution in [1.82, 2.24) is 0 Å². The molecule has 4 nitrogen and oxygen atoms in total. The van der Waals surface area contributed by atoms with Crippen LogP contribution in [0.2, 0.25) is 0 Å². The predicted octanol–water partition coefficient (Wildman–Crippen LogP) is 3.38. The topological polar surface area (TPSA) is 52.6 Å². The van der Waals surface area contributed by atoms with Crippen LogP contribution in [0.1, 0.15) is 43.1 Å². The number of carbonyl (C=O) groups excluding carboxylic acids is 2. The van der Waals surface area contributed by atoms with Crippen molar-refractivity contribution in [3.05, 3.63) is 29.3 Å². The minimum atomic E-state index is -0.721. The van der Waals surface area contributed by atoms with Gasteiger partial charge in [-0.05, 0) is 44.0 Å². The molecule has 1 aromatic rings. The van der Waals surface area contributed by atoms with Gasteiger partial charge < -0.3 is 9.47 Å². The lowest BCUT2D eigenvalue weighted by molar-refractivity contribution is 0.0726. The molecular weight excluding hydrogens is 232 g/mol. The zero-order valence-electron chi connectivity index (χ0n) is 10.9. The summed E-state index contributed by atoms with van der Waals surface area (Å²) >= 11 is 0. The third-order valence-electron chi connectivity index (χ3n) is 2.27. The van der Waals surface area contributed by atoms with Crippen LogP contribution in [0.15, 0.2) is 18.2 Å². The smallest absolute Gasteiger partial charge is 0.431 e. The third-order valence-corrected chi connectivity index (χ3v) is 2.27. The van der Waals surface area contributed by atoms with Gasteiger partial charge in [0.2, 0.25) is 0 Å². The Balaban J connectivity index is 2.86. The summed E-state index contributed by atoms with van der Waals surface area (Å²) < 4.78 is 10.0. The standard InChI is InChI=1S/C14H18O4/c1-4-5-12-8-11(9-15)6-7-13(12)18-14(16)17-10(2)3/h6-10H,4-5H2,1-3H3. The van der Waals surface area contributed by atoms with Crippen molar-refractivity contribution in [2.45, 2.75) is 39.7 Å². The molecule has 0 aliphatic heterocycles. The summed E-state index contributed by atoms with van der Waals surface area (Å²) in [6.07, 6.45) is 1.47. The molecular formula is C14H18O4. The van der Waals surface area contributed by atoms with Gasteiger partial charge in [0.15, 0.2) is 0 Å². The van der Waals surface area contributed by atoms with Gasteiger partial charge in [-0.2, -0.15) is 0 Å². The number of hydrogen-bond donors (Lipinski definition) is 0. The highest BCUT2D eigenvalue weighted by molar-refractivity contribution is 5.76. The maximum atomic E-state index is 11.4. The summed E-state index contributed by atoms with van der Waals surface area (Å²) in [7, 11) is 0. The SMILES string of the molecule is CCCc1cc(C=O)ccc1OC(=O)OC(C)C. The molecule has 0 unspecified atom stereocenters. The highest BCUT2D eigenvalue weighted by Gasteiger charge is 2.12. The normalized spacial score (nSPS) is 10.2. The fourth-order valence-electron chi connectivity index (χ4n) is 1.54. The average Bonchev–Trinajstić information content (AvgIpc) is 2.30. The van der Waals surface area contributed by atoms with Gasteiger partial charge in [-0.1, -0.05) is 13.3 Å². The summed E-state index contributed by atoms with van der Waals surface area (Å²) in [5, 5.41) is 0. The first-order valence-corrected chi connectivity index (χ1v) is 6.03. The Morgan fingerprint density at radius 1 is 1.39 bits per heavy atom. The van der Waals surface area contributed by atoms with Crippen LogP contribution in [0.25, 0.3) is 0 Å². The molecule has 0 aromatic heterocycles. The van der Waals surface area contributed by atoms with Gasteiger partial charge in [-0.15, -0.1) is 0 Å². The van der Waals surface area contributed by atoms with Gasteiger partial charge in [0, 0.05) is 5.56 Å². The van der Waals surface area contributed by atoms with E-state index >= 15 is 0 Å². The van der Waals surface area contributed by atoms with Crippen molar-refractivity contribution < 1.29 is 19.1 Å². The van der Waals surface area contributed by atoms with Crippen molar-refractivity contribution >= 4 is 12.4 Å². The van der Waals surface area contributed by atoms with Crippen LogP contribution in [0.3, 0.4) is 0 Å². The lowest BCUT2D eigenvalue weighted by Gasteiger charge is -2.11. The number of ether oxygens (including phenoxy) is 2. The molecule has 0 saturated carbocycles. The van der Waals surface area contributed by atoms with E-state index in [1.165, 1.54) is 0 Å². The van der Waals surface area contributed by atoms with Crippen molar-refractivity contribution in [3.8, 4) is 5.75 Å². The van der Waals surface area contributed by atoms with Crippen LogP contribution in [-0.4, -0.2) is 18.5 Å². The Morgan fingerprint density at radius 3 is 2.67 bits per heavy atom. The first-order valence-electron chi connectivity index (χ1n) is 6.03. The average molecular weight is 250 g/mol. The summed E-state index contributed by atoms with van der Waals surface area (Å²) in [5.74, 6) is 0.452. The molecule has 0 amide bonds. The monoisotopic (exact) mass is 250 g/mol. The van der Waals surface area contributed by atoms with Crippen LogP contribution >= 0.6 is 0 Å². The lowest BCUT2D eigenvalue weighted by atomic mass is 10.1. The van der Waals surface area contributed by atoms with E-state index in [4.69, 9.17) is 9.47 Å². The Bertz CT molecular complexity index is 424. The number of rotatable bonds is 5. The van der Waals surface area contributed by atoms with Gasteiger partial charge in [-0.3, -0.25) is 4.79 Å². The van der Waals surface area contributed by atoms with Gasteiger partial charge >= 0.3 is 6.16 Å². The molecule has 0 heterocycles. The fraction of sp³-hybridized carbons (Fsp3) is 0.429. The van der Waals surface area contributed by atoms with E-state index in [-0.39, 0.29) is 6.10 Å². The predicted molar refractivity (Wildman–Crippen MR) is 68.1 cm³/mol. The Morgan fingerprint density at radius 2 is 2.11 bits per heavy atom. The molecule has 1 aromatic carbocycles. The quantitative estimate of drug-likeness (QED) is 0.456. The Hall–Kier alpha value is -1.84. The summed E-state index contributed by atoms with van der Waals surface area (Å²) in [5.41, 5.74) is 1.41. The first kappa shape index (κ1) is 14.2. The number of hydrogen-bond acceptors (Lipinski definition) is 4. The second-order valence-electron chi connectivity index (χ2n) is 4.25. The Kier molecular flexibility index (Phi) is 5.36. The van der Waals surface area contributed by atoms with E-state index in [0.717, 1.165) is 24.7 Å². The van der Waals surface area contributed by atoms with Crippen LogP contribution in [0, 0.1) is 0 Å². The van der Waals surface area contributed by atoms with Gasteiger partial charge in [-0.25, -0.2) is 4.79 Å². The maximum Gasteiger partial charge on any atom is 0.514 e. The Labute approximate surface area is 107 Å². The molecule has 0 fully saturated rings. The minimum Gasteiger partial charge on any atom is -0.431 e. The van der Waals surface area contributed by atoms with Crippen molar-refractivity contribution in [3.63, 3.8) is 0 Å². The second kappa shape index (κ2) is 6.79. The van der Waals surface area contributed by atoms with Crippen LogP contribution in [-0.2, 0) is 11.2 Å². The molecule has 0 saturated heterocycles. The summed E-state index contributed by atoms with van der Waals surface area (Å²) in [4.78, 5) is 22.1. The van der Waals surface area contributed by atoms with Gasteiger partial charge in [0.05, 0.1) is 6.10 Å². The van der Waals surface area contributed by atoms with Crippen molar-refractivity contribution in [1.29, 1.82) is 0 Å². The molecule has 0 N–H and O–H groups in total. The molecule has 0 aliphatic rings. The maximum absolute atomic E-state index is 11.4. The van der Waals surface area contributed by atoms with E-state index in [9.17, 15) is 9.59 Å². The summed E-state index contributed by atoms with van der Waals surface area (Å²) in [6.45, 7) is 5.53. The molecule has 1 rings (SSSR count). The van der Waals surface area contributed by atoms with E-state index in [1.807, 2.05) is 6.92 Å². The first-order chi connectivity index (χ1) is 8.56. The second-order valence-corrected chi connectivity index (χ2v) is 4.25. The van der Waals surface area contributed by atoms with E-state index in [0.29, 0.717) is 11.3 Å². The lowest BCUT2D eigenvalue weighted by Crippen LogP contribution is -2.16. The number of carbonyl (C=O) groups is 2. The zero-order valence-corrected chi connectivity index (χ0v) is 10.9.